The Morgan fingerprint density at radius 3 is 1.62 bits per heavy atom. The summed E-state index contributed by atoms with van der Waals surface area (Å²) in [4.78, 5) is 34.8. The Morgan fingerprint density at radius 1 is 0.585 bits per heavy atom. The van der Waals surface area contributed by atoms with Crippen molar-refractivity contribution in [1.29, 1.82) is 0 Å². The van der Waals surface area contributed by atoms with E-state index in [1.165, 1.54) is 51.4 Å². The first-order valence-electron chi connectivity index (χ1n) is 20.4. The van der Waals surface area contributed by atoms with Crippen molar-refractivity contribution in [2.45, 2.75) is 161 Å². The summed E-state index contributed by atoms with van der Waals surface area (Å²) in [6.07, 6.45) is 46.6. The molecule has 0 rings (SSSR count). The lowest BCUT2D eigenvalue weighted by Gasteiger charge is -2.19. The number of ether oxygens (including phenoxy) is 2. The molecule has 0 aromatic carbocycles. The third-order valence-electron chi connectivity index (χ3n) is 8.08. The van der Waals surface area contributed by atoms with Crippen molar-refractivity contribution in [3.8, 4) is 0 Å². The van der Waals surface area contributed by atoms with E-state index in [0.29, 0.717) is 19.3 Å². The third-order valence-corrected chi connectivity index (χ3v) is 9.06. The Balaban J connectivity index is 4.33. The molecule has 0 fully saturated rings. The summed E-state index contributed by atoms with van der Waals surface area (Å²) in [7, 11) is -4.40. The van der Waals surface area contributed by atoms with Crippen molar-refractivity contribution < 1.29 is 37.6 Å². The van der Waals surface area contributed by atoms with Crippen LogP contribution in [0.5, 0.6) is 0 Å². The van der Waals surface area contributed by atoms with Crippen LogP contribution in [-0.4, -0.2) is 49.3 Å². The topological polar surface area (TPSA) is 134 Å². The number of unbranched alkanes of at least 4 members (excludes halogenated alkanes) is 12. The molecule has 2 atom stereocenters. The van der Waals surface area contributed by atoms with E-state index in [-0.39, 0.29) is 32.6 Å². The fourth-order valence-corrected chi connectivity index (χ4v) is 5.84. The van der Waals surface area contributed by atoms with Gasteiger partial charge < -0.3 is 20.1 Å². The Bertz CT molecular complexity index is 1100. The van der Waals surface area contributed by atoms with E-state index in [1.54, 1.807) is 0 Å². The summed E-state index contributed by atoms with van der Waals surface area (Å²) in [5.74, 6) is -0.922. The van der Waals surface area contributed by atoms with E-state index in [9.17, 15) is 19.0 Å². The molecule has 0 aliphatic carbocycles. The fraction of sp³-hybridized carbons (Fsp3) is 0.674. The van der Waals surface area contributed by atoms with Crippen molar-refractivity contribution in [3.05, 3.63) is 72.9 Å². The third kappa shape index (κ3) is 39.0. The number of allylic oxidation sites excluding steroid dienone is 12. The number of esters is 2. The van der Waals surface area contributed by atoms with E-state index in [4.69, 9.17) is 24.3 Å². The largest absolute Gasteiger partial charge is 0.472 e. The summed E-state index contributed by atoms with van der Waals surface area (Å²) in [6, 6.07) is 0. The van der Waals surface area contributed by atoms with Gasteiger partial charge in [0.1, 0.15) is 6.61 Å². The van der Waals surface area contributed by atoms with Crippen molar-refractivity contribution in [2.24, 2.45) is 5.73 Å². The van der Waals surface area contributed by atoms with Crippen LogP contribution in [-0.2, 0) is 32.7 Å². The quantitative estimate of drug-likeness (QED) is 0.0274. The molecule has 0 aliphatic rings. The monoisotopic (exact) mass is 764 g/mol. The molecule has 10 heteroatoms. The van der Waals surface area contributed by atoms with Crippen LogP contribution in [0.3, 0.4) is 0 Å². The Hall–Kier alpha value is -2.55. The van der Waals surface area contributed by atoms with Gasteiger partial charge in [-0.1, -0.05) is 138 Å². The smallest absolute Gasteiger partial charge is 0.462 e. The molecule has 0 aliphatic heterocycles. The van der Waals surface area contributed by atoms with Crippen LogP contribution in [0.15, 0.2) is 72.9 Å². The predicted octanol–water partition coefficient (Wildman–Crippen LogP) is 11.5. The average molecular weight is 764 g/mol. The molecule has 304 valence electrons. The maximum atomic E-state index is 12.5. The molecule has 0 aromatic heterocycles. The minimum atomic E-state index is -4.40. The molecule has 0 spiro atoms. The van der Waals surface area contributed by atoms with Gasteiger partial charge in [0.15, 0.2) is 6.10 Å². The lowest BCUT2D eigenvalue weighted by molar-refractivity contribution is -0.161. The van der Waals surface area contributed by atoms with Crippen molar-refractivity contribution in [3.63, 3.8) is 0 Å². The molecule has 0 radical (unpaired) electrons. The zero-order valence-corrected chi connectivity index (χ0v) is 34.1. The van der Waals surface area contributed by atoms with Gasteiger partial charge in [0.05, 0.1) is 13.2 Å². The molecule has 9 nitrogen and oxygen atoms in total. The van der Waals surface area contributed by atoms with Crippen molar-refractivity contribution in [2.75, 3.05) is 26.4 Å². The standard InChI is InChI=1S/C43H74NO8P/c1-3-5-7-9-11-13-15-17-19-20-22-24-26-28-30-32-34-36-43(46)52-41(40-51-53(47,48)50-38-37-44)39-49-42(45)35-33-31-29-27-25-23-21-18-16-14-12-10-8-6-4-2/h5,7,11,13,17,19,22-25,28,30,41H,3-4,6,8-10,12,14-16,18,20-21,26-27,29,31-40,44H2,1-2H3,(H,47,48)/b7-5+,13-11+,19-17+,24-22+,25-23+,30-28+/t41-/m1/s1. The van der Waals surface area contributed by atoms with Crippen LogP contribution < -0.4 is 5.73 Å². The van der Waals surface area contributed by atoms with Gasteiger partial charge in [0.25, 0.3) is 0 Å². The second-order valence-electron chi connectivity index (χ2n) is 13.1. The highest BCUT2D eigenvalue weighted by Crippen LogP contribution is 2.43. The number of phosphoric acid groups is 1. The lowest BCUT2D eigenvalue weighted by Crippen LogP contribution is -2.29. The number of nitrogens with two attached hydrogens (primary N) is 1. The highest BCUT2D eigenvalue weighted by Gasteiger charge is 2.25. The zero-order valence-electron chi connectivity index (χ0n) is 33.2. The SMILES string of the molecule is CC/C=C/C/C=C/C/C=C/C/C=C/C/C=C/CCCC(=O)O[C@H](COC(=O)CCCCC/C=C/CCCCCCCCCC)COP(=O)(O)OCCN. The fourth-order valence-electron chi connectivity index (χ4n) is 5.07. The van der Waals surface area contributed by atoms with Crippen LogP contribution in [0.2, 0.25) is 0 Å². The zero-order chi connectivity index (χ0) is 38.9. The number of hydrogen-bond acceptors (Lipinski definition) is 8. The van der Waals surface area contributed by atoms with Crippen LogP contribution in [0, 0.1) is 0 Å². The summed E-state index contributed by atoms with van der Waals surface area (Å²) in [5, 5.41) is 0. The highest BCUT2D eigenvalue weighted by atomic mass is 31.2. The van der Waals surface area contributed by atoms with Gasteiger partial charge in [-0.2, -0.15) is 0 Å². The molecule has 0 bridgehead atoms. The second kappa shape index (κ2) is 39.2. The molecule has 0 saturated carbocycles. The van der Waals surface area contributed by atoms with Crippen LogP contribution >= 0.6 is 7.82 Å². The first kappa shape index (κ1) is 50.5. The van der Waals surface area contributed by atoms with Crippen LogP contribution in [0.1, 0.15) is 155 Å². The van der Waals surface area contributed by atoms with E-state index < -0.39 is 32.5 Å². The lowest BCUT2D eigenvalue weighted by atomic mass is 10.1. The summed E-state index contributed by atoms with van der Waals surface area (Å²) < 4.78 is 32.6. The molecule has 0 amide bonds. The Morgan fingerprint density at radius 2 is 1.06 bits per heavy atom. The van der Waals surface area contributed by atoms with Gasteiger partial charge in [-0.25, -0.2) is 4.57 Å². The molecule has 53 heavy (non-hydrogen) atoms. The van der Waals surface area contributed by atoms with E-state index in [1.807, 2.05) is 6.08 Å². The molecular weight excluding hydrogens is 689 g/mol. The summed E-state index contributed by atoms with van der Waals surface area (Å²) in [6.45, 7) is 3.51. The van der Waals surface area contributed by atoms with Gasteiger partial charge >= 0.3 is 19.8 Å². The van der Waals surface area contributed by atoms with E-state index in [2.05, 4.69) is 80.7 Å². The first-order valence-corrected chi connectivity index (χ1v) is 21.9. The second-order valence-corrected chi connectivity index (χ2v) is 14.6. The number of carbonyl (C=O) groups is 2. The number of carbonyl (C=O) groups excluding carboxylic acids is 2. The minimum absolute atomic E-state index is 0.0391. The van der Waals surface area contributed by atoms with Crippen LogP contribution in [0.25, 0.3) is 0 Å². The predicted molar refractivity (Wildman–Crippen MR) is 219 cm³/mol. The average Bonchev–Trinajstić information content (AvgIpc) is 3.14. The summed E-state index contributed by atoms with van der Waals surface area (Å²) in [5.41, 5.74) is 5.33. The van der Waals surface area contributed by atoms with Gasteiger partial charge in [-0.05, 0) is 77.0 Å². The van der Waals surface area contributed by atoms with Crippen LogP contribution in [0.4, 0.5) is 0 Å². The molecule has 0 aromatic rings. The first-order chi connectivity index (χ1) is 25.8. The van der Waals surface area contributed by atoms with E-state index >= 15 is 0 Å². The maximum Gasteiger partial charge on any atom is 0.472 e. The van der Waals surface area contributed by atoms with E-state index in [0.717, 1.165) is 57.8 Å². The number of hydrogen-bond donors (Lipinski definition) is 2. The Labute approximate surface area is 322 Å². The van der Waals surface area contributed by atoms with Crippen molar-refractivity contribution >= 4 is 19.8 Å². The van der Waals surface area contributed by atoms with Gasteiger partial charge in [0.2, 0.25) is 0 Å². The molecule has 1 unspecified atom stereocenters. The molecule has 3 N–H and O–H groups in total. The normalized spacial score (nSPS) is 14.1. The number of phosphoric ester groups is 1. The molecule has 0 heterocycles. The highest BCUT2D eigenvalue weighted by molar-refractivity contribution is 7.47. The Kier molecular flexibility index (Phi) is 37.3. The minimum Gasteiger partial charge on any atom is -0.462 e. The number of rotatable bonds is 37. The van der Waals surface area contributed by atoms with Gasteiger partial charge in [-0.3, -0.25) is 18.6 Å². The molecular formula is C43H74NO8P. The van der Waals surface area contributed by atoms with Crippen molar-refractivity contribution in [1.82, 2.24) is 0 Å². The van der Waals surface area contributed by atoms with Gasteiger partial charge in [0, 0.05) is 19.4 Å². The summed E-state index contributed by atoms with van der Waals surface area (Å²) >= 11 is 0. The molecule has 0 saturated heterocycles. The van der Waals surface area contributed by atoms with Gasteiger partial charge in [-0.15, -0.1) is 0 Å². The maximum absolute atomic E-state index is 12.5.